The van der Waals surface area contributed by atoms with Gasteiger partial charge in [-0.1, -0.05) is 74.4 Å². The topological polar surface area (TPSA) is 95.9 Å². The highest BCUT2D eigenvalue weighted by Gasteiger charge is 2.24. The number of aliphatic carboxylic acids is 1. The van der Waals surface area contributed by atoms with Gasteiger partial charge in [-0.3, -0.25) is 0 Å². The summed E-state index contributed by atoms with van der Waals surface area (Å²) < 4.78 is 10.7. The van der Waals surface area contributed by atoms with Crippen LogP contribution in [-0.2, 0) is 19.1 Å². The van der Waals surface area contributed by atoms with Crippen molar-refractivity contribution in [2.75, 3.05) is 41.0 Å². The van der Waals surface area contributed by atoms with Gasteiger partial charge in [-0.25, -0.2) is 4.79 Å². The number of carboxylic acid groups (broad SMARTS) is 1. The Balaban J connectivity index is 4.36. The first-order chi connectivity index (χ1) is 16.9. The van der Waals surface area contributed by atoms with Crippen molar-refractivity contribution in [2.45, 2.75) is 65.5 Å². The molecule has 3 atom stereocenters. The summed E-state index contributed by atoms with van der Waals surface area (Å²) in [5, 5.41) is 21.2. The fraction of sp³-hybridized carbons (Fsp3) is 0.586. The molecule has 0 aliphatic heterocycles. The summed E-state index contributed by atoms with van der Waals surface area (Å²) in [4.78, 5) is 23.4. The van der Waals surface area contributed by atoms with Gasteiger partial charge in [0.2, 0.25) is 0 Å². The number of esters is 1. The lowest BCUT2D eigenvalue weighted by Crippen LogP contribution is -2.55. The summed E-state index contributed by atoms with van der Waals surface area (Å²) in [5.41, 5.74) is 1.83. The molecule has 204 valence electrons. The third-order valence-electron chi connectivity index (χ3n) is 5.46. The number of nitrogens with zero attached hydrogens (tertiary/aromatic N) is 1. The van der Waals surface area contributed by atoms with Crippen LogP contribution in [0.1, 0.15) is 53.4 Å². The molecule has 0 aliphatic carbocycles. The van der Waals surface area contributed by atoms with Gasteiger partial charge in [-0.2, -0.15) is 0 Å². The molecule has 0 amide bonds. The second kappa shape index (κ2) is 18.7. The van der Waals surface area contributed by atoms with Crippen molar-refractivity contribution < 1.29 is 33.8 Å². The van der Waals surface area contributed by atoms with Crippen molar-refractivity contribution in [3.8, 4) is 0 Å². The number of aliphatic hydroxyl groups is 1. The lowest BCUT2D eigenvalue weighted by Gasteiger charge is -2.34. The minimum atomic E-state index is -1.14. The maximum atomic E-state index is 12.2. The number of quaternary nitrogens is 1. The number of ether oxygens (including phenoxy) is 2. The van der Waals surface area contributed by atoms with Crippen molar-refractivity contribution in [1.82, 2.24) is 0 Å². The molecule has 0 aliphatic rings. The molecule has 0 radical (unpaired) electrons. The van der Waals surface area contributed by atoms with Crippen LogP contribution in [0.3, 0.4) is 0 Å². The van der Waals surface area contributed by atoms with Crippen LogP contribution in [0.15, 0.2) is 59.8 Å². The first kappa shape index (κ1) is 33.5. The highest BCUT2D eigenvalue weighted by molar-refractivity contribution is 5.87. The van der Waals surface area contributed by atoms with Gasteiger partial charge in [0.05, 0.1) is 40.3 Å². The van der Waals surface area contributed by atoms with Crippen LogP contribution < -0.4 is 5.11 Å². The molecule has 0 aromatic heterocycles. The zero-order chi connectivity index (χ0) is 27.6. The summed E-state index contributed by atoms with van der Waals surface area (Å²) in [7, 11) is 5.31. The van der Waals surface area contributed by atoms with Crippen LogP contribution in [0, 0.1) is 5.92 Å². The quantitative estimate of drug-likeness (QED) is 0.101. The predicted molar refractivity (Wildman–Crippen MR) is 143 cm³/mol. The maximum Gasteiger partial charge on any atom is 0.333 e. The van der Waals surface area contributed by atoms with E-state index < -0.39 is 24.1 Å². The standard InChI is InChI=1S/C29H47NO6/c1-8-9-15-23(2)16-13-11-10-12-14-17-24(3)20-25(4)29(34)36-22-26(31)21-35-19-18-27(28(32)33)30(5,6)7/h10-14,16-17,20,24,26-27,31H,8-9,15,18-19,21-22H2,1-7H3/b12-10+,13-11+,17-14+,23-16+,25-20+/t24?,26-,27-/m0/s1. The van der Waals surface area contributed by atoms with Crippen LogP contribution in [0.25, 0.3) is 0 Å². The Morgan fingerprint density at radius 2 is 1.67 bits per heavy atom. The third-order valence-corrected chi connectivity index (χ3v) is 5.46. The van der Waals surface area contributed by atoms with E-state index in [1.165, 1.54) is 18.4 Å². The van der Waals surface area contributed by atoms with E-state index in [1.807, 2.05) is 43.4 Å². The van der Waals surface area contributed by atoms with E-state index in [2.05, 4.69) is 19.9 Å². The number of hydrogen-bond donors (Lipinski definition) is 1. The van der Waals surface area contributed by atoms with Gasteiger partial charge in [0.1, 0.15) is 18.8 Å². The average molecular weight is 506 g/mol. The van der Waals surface area contributed by atoms with Crippen LogP contribution in [0.5, 0.6) is 0 Å². The molecule has 0 aromatic rings. The van der Waals surface area contributed by atoms with Gasteiger partial charge >= 0.3 is 5.97 Å². The summed E-state index contributed by atoms with van der Waals surface area (Å²) in [5.74, 6) is -1.60. The van der Waals surface area contributed by atoms with Gasteiger partial charge in [0, 0.05) is 12.0 Å². The molecule has 7 nitrogen and oxygen atoms in total. The lowest BCUT2D eigenvalue weighted by molar-refractivity contribution is -0.889. The van der Waals surface area contributed by atoms with E-state index in [4.69, 9.17) is 9.47 Å². The molecule has 0 aromatic carbocycles. The van der Waals surface area contributed by atoms with E-state index in [-0.39, 0.29) is 36.6 Å². The van der Waals surface area contributed by atoms with Gasteiger partial charge in [0.15, 0.2) is 0 Å². The number of rotatable bonds is 18. The second-order valence-corrected chi connectivity index (χ2v) is 10.0. The Morgan fingerprint density at radius 1 is 1.03 bits per heavy atom. The molecule has 0 heterocycles. The predicted octanol–water partition coefficient (Wildman–Crippen LogP) is 3.51. The van der Waals surface area contributed by atoms with Crippen molar-refractivity contribution in [2.24, 2.45) is 5.92 Å². The van der Waals surface area contributed by atoms with Gasteiger partial charge in [0.25, 0.3) is 0 Å². The molecule has 0 fully saturated rings. The fourth-order valence-electron chi connectivity index (χ4n) is 3.28. The SMILES string of the molecule is CCCC/C(C)=C/C=C/C=C/C=C/C(C)/C=C(\C)C(=O)OC[C@@H](O)COCC[C@@H](C(=O)[O-])[N+](C)(C)C. The number of carbonyl (C=O) groups excluding carboxylic acids is 2. The minimum Gasteiger partial charge on any atom is -0.544 e. The fourth-order valence-corrected chi connectivity index (χ4v) is 3.28. The Hall–Kier alpha value is -2.48. The number of unbranched alkanes of at least 4 members (excludes halogenated alkanes) is 1. The van der Waals surface area contributed by atoms with Gasteiger partial charge in [-0.15, -0.1) is 0 Å². The van der Waals surface area contributed by atoms with E-state index in [0.717, 1.165) is 6.42 Å². The molecule has 0 saturated heterocycles. The van der Waals surface area contributed by atoms with Crippen molar-refractivity contribution in [1.29, 1.82) is 0 Å². The number of carboxylic acids is 1. The number of hydrogen-bond acceptors (Lipinski definition) is 6. The third kappa shape index (κ3) is 17.0. The maximum absolute atomic E-state index is 12.2. The molecular weight excluding hydrogens is 458 g/mol. The molecule has 1 unspecified atom stereocenters. The average Bonchev–Trinajstić information content (AvgIpc) is 2.79. The largest absolute Gasteiger partial charge is 0.544 e. The molecular formula is C29H47NO6. The zero-order valence-electron chi connectivity index (χ0n) is 23.2. The van der Waals surface area contributed by atoms with Gasteiger partial charge < -0.3 is 29.0 Å². The Bertz CT molecular complexity index is 801. The monoisotopic (exact) mass is 505 g/mol. The molecule has 0 rings (SSSR count). The summed E-state index contributed by atoms with van der Waals surface area (Å²) in [6.45, 7) is 7.87. The highest BCUT2D eigenvalue weighted by Crippen LogP contribution is 2.09. The summed E-state index contributed by atoms with van der Waals surface area (Å²) in [6, 6.07) is -0.711. The van der Waals surface area contributed by atoms with Crippen LogP contribution in [0.2, 0.25) is 0 Å². The lowest BCUT2D eigenvalue weighted by atomic mass is 10.1. The first-order valence-corrected chi connectivity index (χ1v) is 12.7. The number of carbonyl (C=O) groups is 2. The minimum absolute atomic E-state index is 0.0357. The molecule has 36 heavy (non-hydrogen) atoms. The normalized spacial score (nSPS) is 16.1. The summed E-state index contributed by atoms with van der Waals surface area (Å²) in [6.07, 6.45) is 18.6. The highest BCUT2D eigenvalue weighted by atomic mass is 16.5. The van der Waals surface area contributed by atoms with Crippen LogP contribution in [-0.4, -0.2) is 74.6 Å². The van der Waals surface area contributed by atoms with E-state index in [1.54, 1.807) is 34.1 Å². The second-order valence-electron chi connectivity index (χ2n) is 10.0. The molecule has 0 spiro atoms. The van der Waals surface area contributed by atoms with E-state index in [9.17, 15) is 19.8 Å². The van der Waals surface area contributed by atoms with Crippen LogP contribution >= 0.6 is 0 Å². The number of allylic oxidation sites excluding steroid dienone is 9. The van der Waals surface area contributed by atoms with E-state index in [0.29, 0.717) is 5.57 Å². The van der Waals surface area contributed by atoms with Crippen molar-refractivity contribution in [3.05, 3.63) is 59.8 Å². The molecule has 1 N–H and O–H groups in total. The van der Waals surface area contributed by atoms with Crippen LogP contribution in [0.4, 0.5) is 0 Å². The molecule has 7 heteroatoms. The Morgan fingerprint density at radius 3 is 2.28 bits per heavy atom. The molecule has 0 saturated carbocycles. The zero-order valence-corrected chi connectivity index (χ0v) is 23.2. The Kier molecular flexibility index (Phi) is 17.5. The first-order valence-electron chi connectivity index (χ1n) is 12.7. The van der Waals surface area contributed by atoms with E-state index >= 15 is 0 Å². The number of likely N-dealkylation sites (N-methyl/N-ethyl adjacent to an activating group) is 1. The molecule has 0 bridgehead atoms. The van der Waals surface area contributed by atoms with Crippen molar-refractivity contribution >= 4 is 11.9 Å². The van der Waals surface area contributed by atoms with Crippen molar-refractivity contribution in [3.63, 3.8) is 0 Å². The number of aliphatic hydroxyl groups excluding tert-OH is 1. The smallest absolute Gasteiger partial charge is 0.333 e. The Labute approximate surface area is 218 Å². The summed E-state index contributed by atoms with van der Waals surface area (Å²) >= 11 is 0. The van der Waals surface area contributed by atoms with Gasteiger partial charge in [-0.05, 0) is 32.6 Å².